The Kier molecular flexibility index (Phi) is 3.56. The molecule has 1 fully saturated rings. The van der Waals surface area contributed by atoms with Gasteiger partial charge < -0.3 is 0 Å². The second-order valence-corrected chi connectivity index (χ2v) is 6.91. The minimum atomic E-state index is -0.404. The number of rotatable bonds is 4. The minimum absolute atomic E-state index is 0.0249. The lowest BCUT2D eigenvalue weighted by molar-refractivity contribution is -0.384. The summed E-state index contributed by atoms with van der Waals surface area (Å²) in [5.41, 5.74) is 2.60. The molecule has 0 radical (unpaired) electrons. The monoisotopic (exact) mass is 360 g/mol. The van der Waals surface area contributed by atoms with Crippen molar-refractivity contribution in [2.24, 2.45) is 5.92 Å². The van der Waals surface area contributed by atoms with E-state index in [4.69, 9.17) is 5.10 Å². The molecule has 27 heavy (non-hydrogen) atoms. The van der Waals surface area contributed by atoms with Crippen LogP contribution in [-0.4, -0.2) is 29.7 Å². The van der Waals surface area contributed by atoms with Crippen molar-refractivity contribution in [2.45, 2.75) is 25.7 Å². The average Bonchev–Trinajstić information content (AvgIpc) is 3.07. The quantitative estimate of drug-likeness (QED) is 0.407. The average molecular weight is 360 g/mol. The normalized spacial score (nSPS) is 14.5. The Balaban J connectivity index is 1.75. The molecule has 8 nitrogen and oxygen atoms in total. The summed E-state index contributed by atoms with van der Waals surface area (Å²) in [6.07, 6.45) is 6.21. The van der Waals surface area contributed by atoms with E-state index in [1.165, 1.54) is 31.4 Å². The first-order chi connectivity index (χ1) is 13.2. The van der Waals surface area contributed by atoms with Gasteiger partial charge in [-0.3, -0.25) is 15.1 Å². The van der Waals surface area contributed by atoms with Crippen LogP contribution in [0.3, 0.4) is 0 Å². The second-order valence-electron chi connectivity index (χ2n) is 6.91. The highest BCUT2D eigenvalue weighted by molar-refractivity contribution is 5.98. The number of nitro groups is 1. The number of nitrogens with zero attached hydrogens (tertiary/aromatic N) is 6. The molecule has 0 bridgehead atoms. The number of hydrogen-bond donors (Lipinski definition) is 0. The van der Waals surface area contributed by atoms with Gasteiger partial charge in [0.05, 0.1) is 4.92 Å². The Bertz CT molecular complexity index is 1180. The van der Waals surface area contributed by atoms with Gasteiger partial charge in [-0.25, -0.2) is 0 Å². The van der Waals surface area contributed by atoms with Crippen LogP contribution in [0.4, 0.5) is 5.69 Å². The molecule has 0 spiro atoms. The number of hydrogen-bond acceptors (Lipinski definition) is 6. The fraction of sp³-hybridized carbons (Fsp3) is 0.263. The van der Waals surface area contributed by atoms with Crippen LogP contribution in [0.25, 0.3) is 27.8 Å². The molecular formula is C19H16N6O2. The number of pyridine rings is 1. The van der Waals surface area contributed by atoms with E-state index in [0.717, 1.165) is 17.6 Å². The van der Waals surface area contributed by atoms with Crippen molar-refractivity contribution in [1.82, 2.24) is 24.8 Å². The molecule has 0 N–H and O–H groups in total. The van der Waals surface area contributed by atoms with Crippen LogP contribution in [0.1, 0.15) is 25.1 Å². The van der Waals surface area contributed by atoms with Crippen molar-refractivity contribution >= 4 is 22.2 Å². The Morgan fingerprint density at radius 1 is 1.19 bits per heavy atom. The molecule has 0 atom stereocenters. The van der Waals surface area contributed by atoms with Crippen LogP contribution in [0, 0.1) is 16.0 Å². The fourth-order valence-electron chi connectivity index (χ4n) is 3.55. The molecular weight excluding hydrogens is 344 g/mol. The van der Waals surface area contributed by atoms with Gasteiger partial charge in [0, 0.05) is 35.7 Å². The van der Waals surface area contributed by atoms with Crippen LogP contribution < -0.4 is 0 Å². The van der Waals surface area contributed by atoms with E-state index >= 15 is 0 Å². The molecule has 5 rings (SSSR count). The van der Waals surface area contributed by atoms with Crippen LogP contribution in [-0.2, 0) is 6.42 Å². The maximum Gasteiger partial charge on any atom is 0.270 e. The summed E-state index contributed by atoms with van der Waals surface area (Å²) in [4.78, 5) is 15.2. The van der Waals surface area contributed by atoms with Crippen molar-refractivity contribution < 1.29 is 4.92 Å². The van der Waals surface area contributed by atoms with Gasteiger partial charge in [-0.15, -0.1) is 10.2 Å². The zero-order valence-corrected chi connectivity index (χ0v) is 14.4. The van der Waals surface area contributed by atoms with Crippen molar-refractivity contribution in [3.63, 3.8) is 0 Å². The van der Waals surface area contributed by atoms with Gasteiger partial charge in [0.2, 0.25) is 0 Å². The summed E-state index contributed by atoms with van der Waals surface area (Å²) < 4.78 is 1.77. The molecule has 4 aromatic rings. The van der Waals surface area contributed by atoms with Gasteiger partial charge in [0.25, 0.3) is 5.69 Å². The maximum absolute atomic E-state index is 11.2. The van der Waals surface area contributed by atoms with E-state index in [0.29, 0.717) is 28.3 Å². The number of non-ortho nitro benzene ring substituents is 1. The second kappa shape index (κ2) is 6.08. The highest BCUT2D eigenvalue weighted by Crippen LogP contribution is 2.32. The summed E-state index contributed by atoms with van der Waals surface area (Å²) in [5, 5.41) is 25.5. The molecule has 1 saturated carbocycles. The topological polar surface area (TPSA) is 99.1 Å². The summed E-state index contributed by atoms with van der Waals surface area (Å²) >= 11 is 0. The Morgan fingerprint density at radius 3 is 2.85 bits per heavy atom. The fourth-order valence-corrected chi connectivity index (χ4v) is 3.55. The molecule has 0 unspecified atom stereocenters. The Labute approximate surface area is 154 Å². The zero-order valence-electron chi connectivity index (χ0n) is 14.4. The van der Waals surface area contributed by atoms with Gasteiger partial charge in [-0.2, -0.15) is 9.61 Å². The lowest BCUT2D eigenvalue weighted by Gasteiger charge is -2.24. The predicted molar refractivity (Wildman–Crippen MR) is 99.2 cm³/mol. The number of fused-ring (bicyclic) bond motifs is 3. The molecule has 8 heteroatoms. The van der Waals surface area contributed by atoms with E-state index in [9.17, 15) is 10.1 Å². The molecule has 3 heterocycles. The predicted octanol–water partition coefficient (Wildman–Crippen LogP) is 3.59. The van der Waals surface area contributed by atoms with Crippen molar-refractivity contribution in [1.29, 1.82) is 0 Å². The van der Waals surface area contributed by atoms with E-state index in [1.807, 2.05) is 18.2 Å². The van der Waals surface area contributed by atoms with Crippen molar-refractivity contribution in [3.8, 4) is 11.3 Å². The largest absolute Gasteiger partial charge is 0.270 e. The van der Waals surface area contributed by atoms with Crippen LogP contribution in [0.15, 0.2) is 42.6 Å². The van der Waals surface area contributed by atoms with E-state index in [2.05, 4.69) is 15.2 Å². The maximum atomic E-state index is 11.2. The molecule has 1 aliphatic rings. The van der Waals surface area contributed by atoms with Crippen LogP contribution in [0.2, 0.25) is 0 Å². The van der Waals surface area contributed by atoms with E-state index < -0.39 is 4.92 Å². The summed E-state index contributed by atoms with van der Waals surface area (Å²) in [6.45, 7) is 0. The lowest BCUT2D eigenvalue weighted by Crippen LogP contribution is -2.16. The third-order valence-electron chi connectivity index (χ3n) is 5.20. The third kappa shape index (κ3) is 2.61. The number of aromatic nitrogens is 5. The van der Waals surface area contributed by atoms with Gasteiger partial charge >= 0.3 is 0 Å². The lowest BCUT2D eigenvalue weighted by atomic mass is 9.83. The van der Waals surface area contributed by atoms with Gasteiger partial charge in [-0.1, -0.05) is 31.4 Å². The Hall–Kier alpha value is -3.42. The Morgan fingerprint density at radius 2 is 2.07 bits per heavy atom. The first-order valence-corrected chi connectivity index (χ1v) is 8.94. The van der Waals surface area contributed by atoms with Crippen LogP contribution in [0.5, 0.6) is 0 Å². The SMILES string of the molecule is O=[N+]([O-])c1cccc(-c2nn3c(CC4CCC4)nnc3c3cccnc23)c1. The van der Waals surface area contributed by atoms with Gasteiger partial charge in [-0.05, 0) is 18.1 Å². The molecule has 0 aliphatic heterocycles. The number of nitro benzene ring substituents is 1. The van der Waals surface area contributed by atoms with Gasteiger partial charge in [0.15, 0.2) is 11.5 Å². The highest BCUT2D eigenvalue weighted by atomic mass is 16.6. The summed E-state index contributed by atoms with van der Waals surface area (Å²) in [7, 11) is 0. The zero-order chi connectivity index (χ0) is 18.4. The van der Waals surface area contributed by atoms with Gasteiger partial charge in [0.1, 0.15) is 11.2 Å². The molecule has 0 amide bonds. The summed E-state index contributed by atoms with van der Waals surface area (Å²) in [6, 6.07) is 10.2. The highest BCUT2D eigenvalue weighted by Gasteiger charge is 2.23. The van der Waals surface area contributed by atoms with Crippen molar-refractivity contribution in [2.75, 3.05) is 0 Å². The first kappa shape index (κ1) is 15.8. The molecule has 0 saturated heterocycles. The molecule has 1 aliphatic carbocycles. The van der Waals surface area contributed by atoms with Crippen molar-refractivity contribution in [3.05, 3.63) is 58.5 Å². The molecule has 3 aromatic heterocycles. The standard InChI is InChI=1S/C19H16N6O2/c26-25(27)14-7-2-6-13(11-14)17-18-15(8-3-9-20-18)19-22-21-16(24(19)23-17)10-12-4-1-5-12/h2-3,6-9,11-12H,1,4-5,10H2. The van der Waals surface area contributed by atoms with E-state index in [1.54, 1.807) is 16.8 Å². The third-order valence-corrected chi connectivity index (χ3v) is 5.20. The van der Waals surface area contributed by atoms with E-state index in [-0.39, 0.29) is 5.69 Å². The first-order valence-electron chi connectivity index (χ1n) is 8.94. The smallest absolute Gasteiger partial charge is 0.258 e. The van der Waals surface area contributed by atoms with Crippen LogP contribution >= 0.6 is 0 Å². The molecule has 134 valence electrons. The summed E-state index contributed by atoms with van der Waals surface area (Å²) in [5.74, 6) is 1.46. The number of benzene rings is 1. The molecule has 1 aromatic carbocycles. The minimum Gasteiger partial charge on any atom is -0.258 e.